The third-order valence-corrected chi connectivity index (χ3v) is 3.20. The second-order valence-electron chi connectivity index (χ2n) is 5.03. The van der Waals surface area contributed by atoms with E-state index in [1.54, 1.807) is 37.4 Å². The standard InChI is InChI=1S/C15H23F3N2O/c1-20(10-11-21-2)9-8-19-14(12-15(16,17)18)13-6-4-3-5-7-13/h3-7,14,19H,8-12H2,1-2H3. The van der Waals surface area contributed by atoms with E-state index in [1.165, 1.54) is 0 Å². The zero-order valence-electron chi connectivity index (χ0n) is 12.5. The molecule has 0 amide bonds. The summed E-state index contributed by atoms with van der Waals surface area (Å²) in [5.74, 6) is 0. The average Bonchev–Trinajstić information content (AvgIpc) is 2.43. The molecule has 0 saturated heterocycles. The van der Waals surface area contributed by atoms with Crippen LogP contribution in [0.1, 0.15) is 18.0 Å². The molecule has 1 N–H and O–H groups in total. The highest BCUT2D eigenvalue weighted by Crippen LogP contribution is 2.29. The van der Waals surface area contributed by atoms with Gasteiger partial charge in [-0.25, -0.2) is 0 Å². The van der Waals surface area contributed by atoms with Crippen molar-refractivity contribution < 1.29 is 17.9 Å². The van der Waals surface area contributed by atoms with Crippen LogP contribution < -0.4 is 5.32 Å². The van der Waals surface area contributed by atoms with Crippen molar-refractivity contribution in [3.05, 3.63) is 35.9 Å². The number of halogens is 3. The smallest absolute Gasteiger partial charge is 0.383 e. The Labute approximate surface area is 124 Å². The van der Waals surface area contributed by atoms with Gasteiger partial charge in [-0.2, -0.15) is 13.2 Å². The fourth-order valence-electron chi connectivity index (χ4n) is 2.01. The van der Waals surface area contributed by atoms with Crippen LogP contribution in [0.4, 0.5) is 13.2 Å². The van der Waals surface area contributed by atoms with Crippen molar-refractivity contribution in [2.75, 3.05) is 40.4 Å². The number of nitrogens with zero attached hydrogens (tertiary/aromatic N) is 1. The Bertz CT molecular complexity index is 384. The van der Waals surface area contributed by atoms with Gasteiger partial charge in [0.25, 0.3) is 0 Å². The molecule has 0 bridgehead atoms. The summed E-state index contributed by atoms with van der Waals surface area (Å²) in [5, 5.41) is 3.00. The van der Waals surface area contributed by atoms with E-state index in [4.69, 9.17) is 4.74 Å². The summed E-state index contributed by atoms with van der Waals surface area (Å²) in [6, 6.07) is 8.04. The van der Waals surface area contributed by atoms with E-state index in [1.807, 2.05) is 11.9 Å². The lowest BCUT2D eigenvalue weighted by Gasteiger charge is -2.23. The molecule has 1 rings (SSSR count). The number of methoxy groups -OCH3 is 1. The number of benzene rings is 1. The zero-order chi connectivity index (χ0) is 15.7. The Hall–Kier alpha value is -1.11. The largest absolute Gasteiger partial charge is 0.390 e. The van der Waals surface area contributed by atoms with Gasteiger partial charge >= 0.3 is 6.18 Å². The van der Waals surface area contributed by atoms with Crippen LogP contribution in [0.25, 0.3) is 0 Å². The first kappa shape index (κ1) is 17.9. The van der Waals surface area contributed by atoms with Crippen molar-refractivity contribution in [3.63, 3.8) is 0 Å². The molecule has 0 aliphatic heterocycles. The van der Waals surface area contributed by atoms with E-state index >= 15 is 0 Å². The van der Waals surface area contributed by atoms with Crippen molar-refractivity contribution in [2.45, 2.75) is 18.6 Å². The fourth-order valence-corrected chi connectivity index (χ4v) is 2.01. The average molecular weight is 304 g/mol. The van der Waals surface area contributed by atoms with Gasteiger partial charge in [0.1, 0.15) is 0 Å². The van der Waals surface area contributed by atoms with Crippen molar-refractivity contribution in [2.24, 2.45) is 0 Å². The summed E-state index contributed by atoms with van der Waals surface area (Å²) in [7, 11) is 3.54. The van der Waals surface area contributed by atoms with Gasteiger partial charge in [-0.15, -0.1) is 0 Å². The van der Waals surface area contributed by atoms with Gasteiger partial charge in [0, 0.05) is 32.8 Å². The van der Waals surface area contributed by atoms with Gasteiger partial charge in [-0.1, -0.05) is 30.3 Å². The van der Waals surface area contributed by atoms with E-state index in [0.29, 0.717) is 25.3 Å². The van der Waals surface area contributed by atoms with E-state index < -0.39 is 18.6 Å². The Morgan fingerprint density at radius 1 is 1.19 bits per heavy atom. The summed E-state index contributed by atoms with van der Waals surface area (Å²) in [6.45, 7) is 2.54. The lowest BCUT2D eigenvalue weighted by Crippen LogP contribution is -2.34. The van der Waals surface area contributed by atoms with Gasteiger partial charge in [0.2, 0.25) is 0 Å². The second kappa shape index (κ2) is 9.02. The zero-order valence-corrected chi connectivity index (χ0v) is 12.5. The van der Waals surface area contributed by atoms with Crippen LogP contribution in [0, 0.1) is 0 Å². The van der Waals surface area contributed by atoms with Crippen LogP contribution in [-0.2, 0) is 4.74 Å². The molecular weight excluding hydrogens is 281 g/mol. The van der Waals surface area contributed by atoms with E-state index in [-0.39, 0.29) is 0 Å². The molecule has 21 heavy (non-hydrogen) atoms. The summed E-state index contributed by atoms with van der Waals surface area (Å²) in [6.07, 6.45) is -5.05. The van der Waals surface area contributed by atoms with Crippen LogP contribution in [0.3, 0.4) is 0 Å². The molecule has 3 nitrogen and oxygen atoms in total. The molecule has 1 atom stereocenters. The minimum atomic E-state index is -4.19. The lowest BCUT2D eigenvalue weighted by molar-refractivity contribution is -0.140. The summed E-state index contributed by atoms with van der Waals surface area (Å²) in [5.41, 5.74) is 0.661. The molecule has 0 fully saturated rings. The first-order valence-corrected chi connectivity index (χ1v) is 6.95. The van der Waals surface area contributed by atoms with Crippen molar-refractivity contribution in [3.8, 4) is 0 Å². The van der Waals surface area contributed by atoms with Crippen molar-refractivity contribution in [1.29, 1.82) is 0 Å². The first-order chi connectivity index (χ1) is 9.92. The van der Waals surface area contributed by atoms with Crippen LogP contribution in [0.2, 0.25) is 0 Å². The third kappa shape index (κ3) is 8.04. The second-order valence-corrected chi connectivity index (χ2v) is 5.03. The molecule has 1 aromatic carbocycles. The summed E-state index contributed by atoms with van der Waals surface area (Å²) in [4.78, 5) is 2.02. The monoisotopic (exact) mass is 304 g/mol. The number of alkyl halides is 3. The Morgan fingerprint density at radius 3 is 2.43 bits per heavy atom. The van der Waals surface area contributed by atoms with E-state index in [2.05, 4.69) is 5.32 Å². The molecule has 0 aromatic heterocycles. The molecular formula is C15H23F3N2O. The van der Waals surface area contributed by atoms with Crippen LogP contribution >= 0.6 is 0 Å². The first-order valence-electron chi connectivity index (χ1n) is 6.95. The number of rotatable bonds is 9. The molecule has 0 heterocycles. The van der Waals surface area contributed by atoms with Gasteiger partial charge in [0.15, 0.2) is 0 Å². The van der Waals surface area contributed by atoms with Crippen molar-refractivity contribution in [1.82, 2.24) is 10.2 Å². The van der Waals surface area contributed by atoms with Gasteiger partial charge in [-0.05, 0) is 12.6 Å². The number of nitrogens with one attached hydrogen (secondary N) is 1. The SMILES string of the molecule is COCCN(C)CCNC(CC(F)(F)F)c1ccccc1. The predicted molar refractivity (Wildman–Crippen MR) is 77.2 cm³/mol. The Kier molecular flexibility index (Phi) is 7.71. The van der Waals surface area contributed by atoms with Gasteiger partial charge < -0.3 is 15.0 Å². The number of likely N-dealkylation sites (N-methyl/N-ethyl adjacent to an activating group) is 1. The minimum Gasteiger partial charge on any atom is -0.383 e. The maximum atomic E-state index is 12.7. The molecule has 0 radical (unpaired) electrons. The highest BCUT2D eigenvalue weighted by atomic mass is 19.4. The fraction of sp³-hybridized carbons (Fsp3) is 0.600. The highest BCUT2D eigenvalue weighted by Gasteiger charge is 2.32. The minimum absolute atomic E-state index is 0.496. The molecule has 120 valence electrons. The number of hydrogen-bond donors (Lipinski definition) is 1. The van der Waals surface area contributed by atoms with Crippen LogP contribution in [0.5, 0.6) is 0 Å². The van der Waals surface area contributed by atoms with Gasteiger partial charge in [-0.3, -0.25) is 0 Å². The maximum Gasteiger partial charge on any atom is 0.390 e. The Balaban J connectivity index is 2.50. The predicted octanol–water partition coefficient (Wildman–Crippen LogP) is 2.85. The van der Waals surface area contributed by atoms with E-state index in [0.717, 1.165) is 6.54 Å². The molecule has 6 heteroatoms. The molecule has 0 spiro atoms. The summed E-state index contributed by atoms with van der Waals surface area (Å²) >= 11 is 0. The molecule has 1 unspecified atom stereocenters. The molecule has 0 aliphatic carbocycles. The molecule has 1 aromatic rings. The highest BCUT2D eigenvalue weighted by molar-refractivity contribution is 5.19. The normalized spacial score (nSPS) is 13.6. The number of hydrogen-bond acceptors (Lipinski definition) is 3. The Morgan fingerprint density at radius 2 is 1.86 bits per heavy atom. The van der Waals surface area contributed by atoms with Crippen LogP contribution in [0.15, 0.2) is 30.3 Å². The van der Waals surface area contributed by atoms with Gasteiger partial charge in [0.05, 0.1) is 13.0 Å². The molecule has 0 saturated carbocycles. The number of ether oxygens (including phenoxy) is 1. The maximum absolute atomic E-state index is 12.7. The summed E-state index contributed by atoms with van der Waals surface area (Å²) < 4.78 is 43.0. The quantitative estimate of drug-likeness (QED) is 0.759. The lowest BCUT2D eigenvalue weighted by atomic mass is 10.0. The van der Waals surface area contributed by atoms with Crippen LogP contribution in [-0.4, -0.2) is 51.5 Å². The molecule has 0 aliphatic rings. The van der Waals surface area contributed by atoms with E-state index in [9.17, 15) is 13.2 Å². The topological polar surface area (TPSA) is 24.5 Å². The van der Waals surface area contributed by atoms with Crippen molar-refractivity contribution >= 4 is 0 Å². The third-order valence-electron chi connectivity index (χ3n) is 3.20.